The van der Waals surface area contributed by atoms with Crippen LogP contribution in [0.1, 0.15) is 31.5 Å². The maximum Gasteiger partial charge on any atom is 0.162 e. The average molecular weight is 290 g/mol. The van der Waals surface area contributed by atoms with E-state index in [2.05, 4.69) is 29.1 Å². The van der Waals surface area contributed by atoms with E-state index in [4.69, 9.17) is 11.6 Å². The van der Waals surface area contributed by atoms with Crippen molar-refractivity contribution in [2.24, 2.45) is 0 Å². The fourth-order valence-corrected chi connectivity index (χ4v) is 2.25. The first-order chi connectivity index (χ1) is 9.63. The van der Waals surface area contributed by atoms with Crippen molar-refractivity contribution in [3.05, 3.63) is 40.5 Å². The molecule has 0 unspecified atom stereocenters. The van der Waals surface area contributed by atoms with Gasteiger partial charge in [0.2, 0.25) is 0 Å². The van der Waals surface area contributed by atoms with Gasteiger partial charge in [-0.3, -0.25) is 0 Å². The van der Waals surface area contributed by atoms with Gasteiger partial charge in [0.05, 0.1) is 0 Å². The summed E-state index contributed by atoms with van der Waals surface area (Å²) in [5.41, 5.74) is 3.17. The third kappa shape index (κ3) is 3.48. The smallest absolute Gasteiger partial charge is 0.162 e. The lowest BCUT2D eigenvalue weighted by Crippen LogP contribution is -2.05. The summed E-state index contributed by atoms with van der Waals surface area (Å²) in [6.07, 6.45) is 1.96. The Labute approximate surface area is 125 Å². The zero-order valence-electron chi connectivity index (χ0n) is 12.2. The van der Waals surface area contributed by atoms with Crippen molar-refractivity contribution >= 4 is 17.4 Å². The molecule has 0 aliphatic rings. The predicted molar refractivity (Wildman–Crippen MR) is 85.4 cm³/mol. The molecule has 0 aliphatic heterocycles. The van der Waals surface area contributed by atoms with Gasteiger partial charge in [0.25, 0.3) is 0 Å². The summed E-state index contributed by atoms with van der Waals surface area (Å²) in [6.45, 7) is 7.19. The van der Waals surface area contributed by atoms with Gasteiger partial charge in [-0.1, -0.05) is 25.4 Å². The van der Waals surface area contributed by atoms with Gasteiger partial charge in [-0.2, -0.15) is 0 Å². The number of hydrogen-bond donors (Lipinski definition) is 1. The molecule has 0 saturated carbocycles. The van der Waals surface area contributed by atoms with Crippen LogP contribution in [0.4, 0.5) is 5.82 Å². The van der Waals surface area contributed by atoms with Crippen molar-refractivity contribution in [3.8, 4) is 11.4 Å². The minimum Gasteiger partial charge on any atom is -0.370 e. The quantitative estimate of drug-likeness (QED) is 0.881. The lowest BCUT2D eigenvalue weighted by atomic mass is 10.1. The van der Waals surface area contributed by atoms with Crippen molar-refractivity contribution in [2.45, 2.75) is 33.6 Å². The maximum atomic E-state index is 6.01. The van der Waals surface area contributed by atoms with Crippen LogP contribution in [0.3, 0.4) is 0 Å². The van der Waals surface area contributed by atoms with E-state index in [-0.39, 0.29) is 0 Å². The first-order valence-corrected chi connectivity index (χ1v) is 7.40. The Bertz CT molecular complexity index is 596. The Morgan fingerprint density at radius 2 is 1.95 bits per heavy atom. The number of anilines is 1. The molecule has 0 atom stereocenters. The van der Waals surface area contributed by atoms with Crippen LogP contribution < -0.4 is 5.32 Å². The van der Waals surface area contributed by atoms with E-state index in [0.29, 0.717) is 0 Å². The van der Waals surface area contributed by atoms with E-state index in [1.807, 2.05) is 31.2 Å². The fourth-order valence-electron chi connectivity index (χ4n) is 2.02. The Hall–Kier alpha value is -1.61. The number of nitrogens with zero attached hydrogens (tertiary/aromatic N) is 2. The van der Waals surface area contributed by atoms with E-state index in [9.17, 15) is 0 Å². The number of halogens is 1. The average Bonchev–Trinajstić information content (AvgIpc) is 2.44. The van der Waals surface area contributed by atoms with Gasteiger partial charge in [0, 0.05) is 28.9 Å². The minimum absolute atomic E-state index is 0.738. The van der Waals surface area contributed by atoms with E-state index in [1.165, 1.54) is 0 Å². The summed E-state index contributed by atoms with van der Waals surface area (Å²) in [5.74, 6) is 1.65. The molecule has 1 aromatic carbocycles. The van der Waals surface area contributed by atoms with Crippen molar-refractivity contribution in [3.63, 3.8) is 0 Å². The van der Waals surface area contributed by atoms with Gasteiger partial charge in [0.15, 0.2) is 5.82 Å². The molecule has 0 spiro atoms. The van der Waals surface area contributed by atoms with Gasteiger partial charge < -0.3 is 5.32 Å². The largest absolute Gasteiger partial charge is 0.370 e. The summed E-state index contributed by atoms with van der Waals surface area (Å²) in [7, 11) is 0. The van der Waals surface area contributed by atoms with Crippen LogP contribution in [0.15, 0.2) is 24.3 Å². The normalized spacial score (nSPS) is 10.6. The highest BCUT2D eigenvalue weighted by Gasteiger charge is 2.09. The second-order valence-electron chi connectivity index (χ2n) is 4.81. The lowest BCUT2D eigenvalue weighted by Gasteiger charge is -2.10. The molecule has 0 radical (unpaired) electrons. The van der Waals surface area contributed by atoms with Gasteiger partial charge in [-0.05, 0) is 43.5 Å². The van der Waals surface area contributed by atoms with Gasteiger partial charge in [-0.15, -0.1) is 0 Å². The van der Waals surface area contributed by atoms with Crippen molar-refractivity contribution in [2.75, 3.05) is 11.9 Å². The number of aromatic nitrogens is 2. The van der Waals surface area contributed by atoms with Crippen molar-refractivity contribution in [1.82, 2.24) is 9.97 Å². The number of nitrogens with one attached hydrogen (secondary N) is 1. The molecule has 3 nitrogen and oxygen atoms in total. The van der Waals surface area contributed by atoms with Crippen LogP contribution in [0.25, 0.3) is 11.4 Å². The summed E-state index contributed by atoms with van der Waals surface area (Å²) in [4.78, 5) is 9.24. The molecule has 2 aromatic rings. The van der Waals surface area contributed by atoms with Crippen LogP contribution in [0.2, 0.25) is 5.02 Å². The third-order valence-corrected chi connectivity index (χ3v) is 3.36. The third-order valence-electron chi connectivity index (χ3n) is 3.13. The summed E-state index contributed by atoms with van der Waals surface area (Å²) in [5, 5.41) is 4.07. The Morgan fingerprint density at radius 1 is 1.15 bits per heavy atom. The highest BCUT2D eigenvalue weighted by molar-refractivity contribution is 6.30. The highest BCUT2D eigenvalue weighted by Crippen LogP contribution is 2.24. The summed E-state index contributed by atoms with van der Waals surface area (Å²) >= 11 is 6.01. The molecular formula is C16H20ClN3. The van der Waals surface area contributed by atoms with Crippen LogP contribution in [-0.2, 0) is 6.42 Å². The zero-order chi connectivity index (χ0) is 14.5. The molecule has 1 heterocycles. The monoisotopic (exact) mass is 289 g/mol. The molecule has 0 bridgehead atoms. The van der Waals surface area contributed by atoms with Crippen molar-refractivity contribution < 1.29 is 0 Å². The predicted octanol–water partition coefficient (Wildman–Crippen LogP) is 4.49. The molecule has 1 N–H and O–H groups in total. The molecule has 2 rings (SSSR count). The van der Waals surface area contributed by atoms with Gasteiger partial charge in [-0.25, -0.2) is 9.97 Å². The molecule has 4 heteroatoms. The Kier molecular flexibility index (Phi) is 4.96. The molecule has 0 amide bonds. The minimum atomic E-state index is 0.738. The molecule has 0 fully saturated rings. The summed E-state index contributed by atoms with van der Waals surface area (Å²) < 4.78 is 0. The van der Waals surface area contributed by atoms with E-state index in [0.717, 1.165) is 52.9 Å². The number of hydrogen-bond acceptors (Lipinski definition) is 3. The maximum absolute atomic E-state index is 6.01. The fraction of sp³-hybridized carbons (Fsp3) is 0.375. The summed E-state index contributed by atoms with van der Waals surface area (Å²) in [6, 6.07) is 7.82. The molecule has 1 aromatic heterocycles. The lowest BCUT2D eigenvalue weighted by molar-refractivity contribution is 0.951. The Morgan fingerprint density at radius 3 is 2.60 bits per heavy atom. The first kappa shape index (κ1) is 14.8. The highest BCUT2D eigenvalue weighted by atomic mass is 35.5. The number of benzene rings is 1. The standard InChI is InChI=1S/C16H20ClN3/c1-4-8-18-15-10-13(5-2)19-16(20-15)14-7-6-12(17)9-11(14)3/h6-7,9-10H,4-5,8H2,1-3H3,(H,18,19,20). The second kappa shape index (κ2) is 6.71. The molecule has 0 saturated heterocycles. The van der Waals surface area contributed by atoms with E-state index < -0.39 is 0 Å². The molecule has 0 aliphatic carbocycles. The second-order valence-corrected chi connectivity index (χ2v) is 5.24. The molecular weight excluding hydrogens is 270 g/mol. The van der Waals surface area contributed by atoms with E-state index >= 15 is 0 Å². The molecule has 20 heavy (non-hydrogen) atoms. The molecule has 106 valence electrons. The topological polar surface area (TPSA) is 37.8 Å². The van der Waals surface area contributed by atoms with Crippen molar-refractivity contribution in [1.29, 1.82) is 0 Å². The van der Waals surface area contributed by atoms with Crippen LogP contribution in [-0.4, -0.2) is 16.5 Å². The van der Waals surface area contributed by atoms with Gasteiger partial charge in [0.1, 0.15) is 5.82 Å². The van der Waals surface area contributed by atoms with Crippen LogP contribution in [0.5, 0.6) is 0 Å². The van der Waals surface area contributed by atoms with E-state index in [1.54, 1.807) is 0 Å². The number of aryl methyl sites for hydroxylation is 2. The zero-order valence-corrected chi connectivity index (χ0v) is 13.0. The SMILES string of the molecule is CCCNc1cc(CC)nc(-c2ccc(Cl)cc2C)n1. The number of rotatable bonds is 5. The Balaban J connectivity index is 2.44. The van der Waals surface area contributed by atoms with Crippen LogP contribution >= 0.6 is 11.6 Å². The van der Waals surface area contributed by atoms with Crippen LogP contribution in [0, 0.1) is 6.92 Å². The van der Waals surface area contributed by atoms with Gasteiger partial charge >= 0.3 is 0 Å². The first-order valence-electron chi connectivity index (χ1n) is 7.02.